The molecule has 0 atom stereocenters. The highest BCUT2D eigenvalue weighted by atomic mass is 35.5. The molecule has 2 rings (SSSR count). The minimum atomic E-state index is -1.05. The number of nitrogens with zero attached hydrogens (tertiary/aromatic N) is 1. The molecule has 0 unspecified atom stereocenters. The van der Waals surface area contributed by atoms with Crippen LogP contribution in [-0.4, -0.2) is 34.3 Å². The van der Waals surface area contributed by atoms with Gasteiger partial charge in [-0.05, 0) is 25.0 Å². The molecule has 1 fully saturated rings. The number of aromatic nitrogens is 1. The molecule has 0 radical (unpaired) electrons. The maximum atomic E-state index is 11.0. The highest BCUT2D eigenvalue weighted by Gasteiger charge is 2.41. The quantitative estimate of drug-likeness (QED) is 0.698. The summed E-state index contributed by atoms with van der Waals surface area (Å²) in [6, 6.07) is 2.85. The van der Waals surface area contributed by atoms with Crippen molar-refractivity contribution in [2.45, 2.75) is 12.8 Å². The molecule has 1 aromatic rings. The number of hydrogen-bond acceptors (Lipinski definition) is 4. The average molecular weight is 257 g/mol. The Kier molecular flexibility index (Phi) is 3.22. The van der Waals surface area contributed by atoms with E-state index < -0.39 is 5.97 Å². The molecule has 0 aliphatic heterocycles. The van der Waals surface area contributed by atoms with Gasteiger partial charge in [0.25, 0.3) is 0 Å². The van der Waals surface area contributed by atoms with Crippen LogP contribution in [0.4, 0.5) is 5.82 Å². The van der Waals surface area contributed by atoms with Gasteiger partial charge >= 0.3 is 5.97 Å². The molecule has 3 N–H and O–H groups in total. The zero-order chi connectivity index (χ0) is 12.5. The molecule has 17 heavy (non-hydrogen) atoms. The van der Waals surface area contributed by atoms with Gasteiger partial charge in [-0.25, -0.2) is 9.78 Å². The second-order valence-corrected chi connectivity index (χ2v) is 4.73. The highest BCUT2D eigenvalue weighted by Crippen LogP contribution is 2.44. The lowest BCUT2D eigenvalue weighted by Crippen LogP contribution is -2.21. The van der Waals surface area contributed by atoms with Crippen molar-refractivity contribution in [3.8, 4) is 0 Å². The fraction of sp³-hybridized carbons (Fsp3) is 0.455. The largest absolute Gasteiger partial charge is 0.478 e. The predicted octanol–water partition coefficient (Wildman–Crippen LogP) is 1.62. The molecule has 0 bridgehead atoms. The van der Waals surface area contributed by atoms with E-state index in [1.807, 2.05) is 0 Å². The number of halogens is 1. The third kappa shape index (κ3) is 2.68. The Hall–Kier alpha value is -1.33. The van der Waals surface area contributed by atoms with Crippen molar-refractivity contribution in [1.29, 1.82) is 0 Å². The van der Waals surface area contributed by atoms with Crippen LogP contribution in [-0.2, 0) is 0 Å². The summed E-state index contributed by atoms with van der Waals surface area (Å²) in [7, 11) is 0. The molecule has 1 heterocycles. The summed E-state index contributed by atoms with van der Waals surface area (Å²) >= 11 is 5.73. The minimum Gasteiger partial charge on any atom is -0.478 e. The van der Waals surface area contributed by atoms with Crippen molar-refractivity contribution >= 4 is 23.4 Å². The Bertz CT molecular complexity index is 446. The van der Waals surface area contributed by atoms with Crippen LogP contribution in [0.15, 0.2) is 12.1 Å². The van der Waals surface area contributed by atoms with Crippen molar-refractivity contribution < 1.29 is 15.0 Å². The van der Waals surface area contributed by atoms with E-state index in [1.54, 1.807) is 0 Å². The van der Waals surface area contributed by atoms with Gasteiger partial charge in [0.1, 0.15) is 16.5 Å². The topological polar surface area (TPSA) is 82.5 Å². The van der Waals surface area contributed by atoms with Gasteiger partial charge < -0.3 is 15.5 Å². The van der Waals surface area contributed by atoms with Gasteiger partial charge in [-0.2, -0.15) is 0 Å². The third-order valence-corrected chi connectivity index (χ3v) is 3.23. The van der Waals surface area contributed by atoms with Gasteiger partial charge in [-0.1, -0.05) is 11.6 Å². The molecule has 6 heteroatoms. The van der Waals surface area contributed by atoms with E-state index in [2.05, 4.69) is 10.3 Å². The first-order valence-corrected chi connectivity index (χ1v) is 5.69. The van der Waals surface area contributed by atoms with E-state index in [4.69, 9.17) is 21.8 Å². The van der Waals surface area contributed by atoms with Gasteiger partial charge in [0.15, 0.2) is 0 Å². The van der Waals surface area contributed by atoms with Crippen LogP contribution in [0.25, 0.3) is 0 Å². The van der Waals surface area contributed by atoms with Crippen molar-refractivity contribution in [2.75, 3.05) is 18.5 Å². The molecule has 0 spiro atoms. The number of anilines is 1. The van der Waals surface area contributed by atoms with Crippen LogP contribution < -0.4 is 5.32 Å². The number of aliphatic hydroxyl groups excluding tert-OH is 1. The summed E-state index contributed by atoms with van der Waals surface area (Å²) < 4.78 is 0. The maximum absolute atomic E-state index is 11.0. The molecule has 1 aliphatic rings. The zero-order valence-electron chi connectivity index (χ0n) is 9.11. The standard InChI is InChI=1S/C11H13ClN2O3/c12-8-2-1-7(10(16)17)9(14-8)13-5-11(6-15)3-4-11/h1-2,15H,3-6H2,(H,13,14)(H,16,17). The molecule has 92 valence electrons. The number of aromatic carboxylic acids is 1. The first-order chi connectivity index (χ1) is 8.06. The number of hydrogen-bond donors (Lipinski definition) is 3. The SMILES string of the molecule is O=C(O)c1ccc(Cl)nc1NCC1(CO)CC1. The molecule has 0 aromatic carbocycles. The van der Waals surface area contributed by atoms with Crippen molar-refractivity contribution in [3.05, 3.63) is 22.8 Å². The number of carboxylic acid groups (broad SMARTS) is 1. The first kappa shape index (κ1) is 12.1. The third-order valence-electron chi connectivity index (χ3n) is 3.02. The van der Waals surface area contributed by atoms with E-state index in [9.17, 15) is 4.79 Å². The fourth-order valence-electron chi connectivity index (χ4n) is 1.58. The average Bonchev–Trinajstić information content (AvgIpc) is 3.07. The summed E-state index contributed by atoms with van der Waals surface area (Å²) in [5.41, 5.74) is -0.0251. The number of nitrogens with one attached hydrogen (secondary N) is 1. The Morgan fingerprint density at radius 2 is 2.24 bits per heavy atom. The number of pyridine rings is 1. The summed E-state index contributed by atoms with van der Waals surface area (Å²) in [6.45, 7) is 0.611. The number of carbonyl (C=O) groups is 1. The van der Waals surface area contributed by atoms with Gasteiger partial charge in [-0.3, -0.25) is 0 Å². The molecule has 1 saturated carbocycles. The second kappa shape index (κ2) is 4.50. The van der Waals surface area contributed by atoms with E-state index in [0.29, 0.717) is 6.54 Å². The molecule has 0 saturated heterocycles. The van der Waals surface area contributed by atoms with Crippen LogP contribution >= 0.6 is 11.6 Å². The van der Waals surface area contributed by atoms with Crippen LogP contribution in [0.1, 0.15) is 23.2 Å². The molecule has 1 aliphatic carbocycles. The normalized spacial score (nSPS) is 16.6. The second-order valence-electron chi connectivity index (χ2n) is 4.35. The van der Waals surface area contributed by atoms with Crippen LogP contribution in [0, 0.1) is 5.41 Å². The Morgan fingerprint density at radius 3 is 2.76 bits per heavy atom. The Labute approximate surface area is 103 Å². The monoisotopic (exact) mass is 256 g/mol. The molecule has 1 aromatic heterocycles. The van der Waals surface area contributed by atoms with E-state index in [0.717, 1.165) is 12.8 Å². The van der Waals surface area contributed by atoms with E-state index in [1.165, 1.54) is 12.1 Å². The lowest BCUT2D eigenvalue weighted by atomic mass is 10.1. The van der Waals surface area contributed by atoms with Crippen LogP contribution in [0.3, 0.4) is 0 Å². The van der Waals surface area contributed by atoms with E-state index >= 15 is 0 Å². The minimum absolute atomic E-state index is 0.0862. The van der Waals surface area contributed by atoms with Crippen LogP contribution in [0.2, 0.25) is 5.15 Å². The first-order valence-electron chi connectivity index (χ1n) is 5.31. The lowest BCUT2D eigenvalue weighted by molar-refractivity contribution is 0.0697. The predicted molar refractivity (Wildman–Crippen MR) is 63.4 cm³/mol. The molecular formula is C11H13ClN2O3. The van der Waals surface area contributed by atoms with Crippen LogP contribution in [0.5, 0.6) is 0 Å². The smallest absolute Gasteiger partial charge is 0.339 e. The summed E-state index contributed by atoms with van der Waals surface area (Å²) in [6.07, 6.45) is 1.89. The fourth-order valence-corrected chi connectivity index (χ4v) is 1.73. The van der Waals surface area contributed by atoms with E-state index in [-0.39, 0.29) is 28.6 Å². The van der Waals surface area contributed by atoms with Gasteiger partial charge in [-0.15, -0.1) is 0 Å². The van der Waals surface area contributed by atoms with Crippen molar-refractivity contribution in [1.82, 2.24) is 4.98 Å². The molecular weight excluding hydrogens is 244 g/mol. The maximum Gasteiger partial charge on any atom is 0.339 e. The van der Waals surface area contributed by atoms with Crippen molar-refractivity contribution in [3.63, 3.8) is 0 Å². The Morgan fingerprint density at radius 1 is 1.53 bits per heavy atom. The highest BCUT2D eigenvalue weighted by molar-refractivity contribution is 6.29. The zero-order valence-corrected chi connectivity index (χ0v) is 9.87. The lowest BCUT2D eigenvalue weighted by Gasteiger charge is -2.14. The number of rotatable bonds is 5. The van der Waals surface area contributed by atoms with Gasteiger partial charge in [0.05, 0.1) is 6.61 Å². The molecule has 5 nitrogen and oxygen atoms in total. The van der Waals surface area contributed by atoms with Gasteiger partial charge in [0, 0.05) is 12.0 Å². The summed E-state index contributed by atoms with van der Waals surface area (Å²) in [5.74, 6) is -0.796. The Balaban J connectivity index is 2.13. The summed E-state index contributed by atoms with van der Waals surface area (Å²) in [5, 5.41) is 21.3. The molecule has 0 amide bonds. The van der Waals surface area contributed by atoms with Gasteiger partial charge in [0.2, 0.25) is 0 Å². The van der Waals surface area contributed by atoms with Crippen molar-refractivity contribution in [2.24, 2.45) is 5.41 Å². The number of carboxylic acids is 1. The number of aliphatic hydroxyl groups is 1. The summed E-state index contributed by atoms with van der Waals surface area (Å²) in [4.78, 5) is 14.9.